The molecule has 0 saturated heterocycles. The fourth-order valence-corrected chi connectivity index (χ4v) is 1.87. The van der Waals surface area contributed by atoms with Gasteiger partial charge in [-0.1, -0.05) is 35.8 Å². The van der Waals surface area contributed by atoms with Crippen LogP contribution in [0.5, 0.6) is 0 Å². The van der Waals surface area contributed by atoms with Gasteiger partial charge in [-0.25, -0.2) is 0 Å². The molecule has 0 aliphatic carbocycles. The molecule has 0 aliphatic rings. The van der Waals surface area contributed by atoms with Crippen LogP contribution < -0.4 is 5.32 Å². The Morgan fingerprint density at radius 1 is 1.30 bits per heavy atom. The molecule has 1 N–H and O–H groups in total. The number of nitrogens with one attached hydrogen (secondary N) is 1. The Morgan fingerprint density at radius 2 is 2.00 bits per heavy atom. The molecule has 0 aliphatic heterocycles. The number of nitrogens with zero attached hydrogens (tertiary/aromatic N) is 2. The highest BCUT2D eigenvalue weighted by Gasteiger charge is 2.13. The number of hydrogen-bond donors (Lipinski definition) is 1. The van der Waals surface area contributed by atoms with Crippen molar-refractivity contribution in [2.45, 2.75) is 32.7 Å². The van der Waals surface area contributed by atoms with E-state index in [1.165, 1.54) is 0 Å². The molecule has 0 radical (unpaired) electrons. The maximum absolute atomic E-state index is 5.85. The first-order valence-electron chi connectivity index (χ1n) is 6.49. The van der Waals surface area contributed by atoms with Crippen LogP contribution in [0.3, 0.4) is 0 Å². The van der Waals surface area contributed by atoms with Crippen molar-refractivity contribution in [3.8, 4) is 0 Å². The molecule has 0 fully saturated rings. The quantitative estimate of drug-likeness (QED) is 0.881. The van der Waals surface area contributed by atoms with Crippen molar-refractivity contribution < 1.29 is 4.52 Å². The van der Waals surface area contributed by atoms with Gasteiger partial charge in [0, 0.05) is 11.4 Å². The minimum Gasteiger partial charge on any atom is -0.338 e. The molecule has 2 aromatic rings. The van der Waals surface area contributed by atoms with Crippen LogP contribution in [0.4, 0.5) is 0 Å². The van der Waals surface area contributed by atoms with Gasteiger partial charge in [0.15, 0.2) is 5.82 Å². The first-order chi connectivity index (χ1) is 9.19. The van der Waals surface area contributed by atoms with Crippen LogP contribution in [0, 0.1) is 0 Å². The molecule has 6 heteroatoms. The van der Waals surface area contributed by atoms with Crippen molar-refractivity contribution in [2.75, 3.05) is 6.54 Å². The van der Waals surface area contributed by atoms with Gasteiger partial charge in [0.2, 0.25) is 5.89 Å². The Bertz CT molecular complexity index is 513. The molecular weight excluding hydrogens is 297 g/mol. The highest BCUT2D eigenvalue weighted by Crippen LogP contribution is 2.14. The average Bonchev–Trinajstić information content (AvgIpc) is 2.87. The van der Waals surface area contributed by atoms with Crippen LogP contribution in [-0.2, 0) is 6.42 Å². The number of halogens is 2. The zero-order valence-electron chi connectivity index (χ0n) is 11.6. The third kappa shape index (κ3) is 4.78. The Balaban J connectivity index is 0.00000200. The van der Waals surface area contributed by atoms with E-state index >= 15 is 0 Å². The van der Waals surface area contributed by atoms with Gasteiger partial charge in [-0.15, -0.1) is 12.4 Å². The van der Waals surface area contributed by atoms with Gasteiger partial charge in [-0.2, -0.15) is 4.98 Å². The van der Waals surface area contributed by atoms with Gasteiger partial charge < -0.3 is 9.84 Å². The maximum Gasteiger partial charge on any atom is 0.243 e. The second kappa shape index (κ2) is 8.25. The van der Waals surface area contributed by atoms with Gasteiger partial charge in [0.25, 0.3) is 0 Å². The highest BCUT2D eigenvalue weighted by atomic mass is 35.5. The second-order valence-electron chi connectivity index (χ2n) is 4.53. The minimum atomic E-state index is 0. The molecular formula is C14H19Cl2N3O. The summed E-state index contributed by atoms with van der Waals surface area (Å²) < 4.78 is 5.27. The summed E-state index contributed by atoms with van der Waals surface area (Å²) in [4.78, 5) is 4.41. The zero-order chi connectivity index (χ0) is 13.7. The van der Waals surface area contributed by atoms with Gasteiger partial charge >= 0.3 is 0 Å². The fourth-order valence-electron chi connectivity index (χ4n) is 1.75. The molecule has 20 heavy (non-hydrogen) atoms. The van der Waals surface area contributed by atoms with Crippen molar-refractivity contribution >= 4 is 24.0 Å². The summed E-state index contributed by atoms with van der Waals surface area (Å²) in [7, 11) is 0. The maximum atomic E-state index is 5.85. The standard InChI is InChI=1S/C14H18ClN3O.ClH/c1-3-8-16-10(2)14-17-13(18-19-14)9-11-4-6-12(15)7-5-11;/h4-7,10,16H,3,8-9H2,1-2H3;1H. The lowest BCUT2D eigenvalue weighted by atomic mass is 10.1. The molecule has 1 unspecified atom stereocenters. The Hall–Kier alpha value is -1.10. The lowest BCUT2D eigenvalue weighted by Gasteiger charge is -2.06. The number of hydrogen-bond acceptors (Lipinski definition) is 4. The van der Waals surface area contributed by atoms with E-state index in [-0.39, 0.29) is 18.4 Å². The van der Waals surface area contributed by atoms with E-state index in [4.69, 9.17) is 16.1 Å². The predicted molar refractivity (Wildman–Crippen MR) is 82.5 cm³/mol. The van der Waals surface area contributed by atoms with E-state index < -0.39 is 0 Å². The minimum absolute atomic E-state index is 0. The number of aromatic nitrogens is 2. The molecule has 4 nitrogen and oxygen atoms in total. The van der Waals surface area contributed by atoms with Crippen LogP contribution in [-0.4, -0.2) is 16.7 Å². The summed E-state index contributed by atoms with van der Waals surface area (Å²) in [6.45, 7) is 5.09. The van der Waals surface area contributed by atoms with E-state index in [0.29, 0.717) is 18.1 Å². The molecule has 1 heterocycles. The van der Waals surface area contributed by atoms with Crippen molar-refractivity contribution in [1.29, 1.82) is 0 Å². The van der Waals surface area contributed by atoms with Crippen molar-refractivity contribution in [1.82, 2.24) is 15.5 Å². The average molecular weight is 316 g/mol. The smallest absolute Gasteiger partial charge is 0.243 e. The molecule has 2 rings (SSSR count). The normalized spacial score (nSPS) is 11.9. The molecule has 0 amide bonds. The first kappa shape index (κ1) is 17.0. The first-order valence-corrected chi connectivity index (χ1v) is 6.87. The van der Waals surface area contributed by atoms with Gasteiger partial charge in [0.1, 0.15) is 0 Å². The molecule has 1 aromatic heterocycles. The van der Waals surface area contributed by atoms with Crippen LogP contribution >= 0.6 is 24.0 Å². The lowest BCUT2D eigenvalue weighted by Crippen LogP contribution is -2.19. The van der Waals surface area contributed by atoms with Gasteiger partial charge in [0.05, 0.1) is 6.04 Å². The van der Waals surface area contributed by atoms with Crippen LogP contribution in [0.1, 0.15) is 43.6 Å². The van der Waals surface area contributed by atoms with E-state index in [0.717, 1.165) is 23.6 Å². The topological polar surface area (TPSA) is 51.0 Å². The van der Waals surface area contributed by atoms with Gasteiger partial charge in [-0.05, 0) is 37.6 Å². The molecule has 0 spiro atoms. The summed E-state index contributed by atoms with van der Waals surface area (Å²) in [6, 6.07) is 7.76. The molecule has 0 bridgehead atoms. The van der Waals surface area contributed by atoms with E-state index in [2.05, 4.69) is 22.4 Å². The Labute approximate surface area is 130 Å². The molecule has 0 saturated carbocycles. The fraction of sp³-hybridized carbons (Fsp3) is 0.429. The number of rotatable bonds is 6. The SMILES string of the molecule is CCCNC(C)c1nc(Cc2ccc(Cl)cc2)no1.Cl. The largest absolute Gasteiger partial charge is 0.338 e. The van der Waals surface area contributed by atoms with E-state index in [1.54, 1.807) is 0 Å². The third-order valence-corrected chi connectivity index (χ3v) is 3.08. The lowest BCUT2D eigenvalue weighted by molar-refractivity contribution is 0.337. The molecule has 1 atom stereocenters. The zero-order valence-corrected chi connectivity index (χ0v) is 13.2. The predicted octanol–water partition coefficient (Wildman–Crippen LogP) is 3.80. The molecule has 1 aromatic carbocycles. The summed E-state index contributed by atoms with van der Waals surface area (Å²) >= 11 is 5.85. The second-order valence-corrected chi connectivity index (χ2v) is 4.96. The number of benzene rings is 1. The van der Waals surface area contributed by atoms with Crippen molar-refractivity contribution in [3.63, 3.8) is 0 Å². The van der Waals surface area contributed by atoms with Crippen LogP contribution in [0.2, 0.25) is 5.02 Å². The summed E-state index contributed by atoms with van der Waals surface area (Å²) in [6.07, 6.45) is 1.73. The summed E-state index contributed by atoms with van der Waals surface area (Å²) in [5.74, 6) is 1.33. The van der Waals surface area contributed by atoms with Crippen LogP contribution in [0.25, 0.3) is 0 Å². The third-order valence-electron chi connectivity index (χ3n) is 2.83. The highest BCUT2D eigenvalue weighted by molar-refractivity contribution is 6.30. The van der Waals surface area contributed by atoms with Crippen LogP contribution in [0.15, 0.2) is 28.8 Å². The van der Waals surface area contributed by atoms with E-state index in [9.17, 15) is 0 Å². The molecule has 110 valence electrons. The Kier molecular flexibility index (Phi) is 6.99. The summed E-state index contributed by atoms with van der Waals surface area (Å²) in [5, 5.41) is 8.05. The summed E-state index contributed by atoms with van der Waals surface area (Å²) in [5.41, 5.74) is 1.12. The van der Waals surface area contributed by atoms with Crippen molar-refractivity contribution in [2.24, 2.45) is 0 Å². The monoisotopic (exact) mass is 315 g/mol. The van der Waals surface area contributed by atoms with E-state index in [1.807, 2.05) is 31.2 Å². The van der Waals surface area contributed by atoms with Gasteiger partial charge in [-0.3, -0.25) is 0 Å². The van der Waals surface area contributed by atoms with Crippen molar-refractivity contribution in [3.05, 3.63) is 46.6 Å². The Morgan fingerprint density at radius 3 is 2.65 bits per heavy atom.